The van der Waals surface area contributed by atoms with Crippen molar-refractivity contribution < 1.29 is 9.84 Å². The first-order chi connectivity index (χ1) is 7.44. The average molecular weight is 223 g/mol. The lowest BCUT2D eigenvalue weighted by molar-refractivity contribution is 0.0235. The molecule has 0 amide bonds. The standard InChI is InChI=1S/C13H21NO2/c1-10-6-4-5-7-12(10)16-11(2)8-13(3,15)9-14/h4-7,11,15H,8-9,14H2,1-3H3. The van der Waals surface area contributed by atoms with Gasteiger partial charge in [-0.15, -0.1) is 0 Å². The number of aryl methyl sites for hydroxylation is 1. The van der Waals surface area contributed by atoms with Crippen LogP contribution < -0.4 is 10.5 Å². The van der Waals surface area contributed by atoms with E-state index in [1.807, 2.05) is 38.1 Å². The molecule has 0 aliphatic heterocycles. The van der Waals surface area contributed by atoms with Gasteiger partial charge in [0.25, 0.3) is 0 Å². The SMILES string of the molecule is Cc1ccccc1OC(C)CC(C)(O)CN. The maximum absolute atomic E-state index is 9.84. The van der Waals surface area contributed by atoms with Crippen LogP contribution in [0.2, 0.25) is 0 Å². The van der Waals surface area contributed by atoms with E-state index in [2.05, 4.69) is 0 Å². The summed E-state index contributed by atoms with van der Waals surface area (Å²) in [4.78, 5) is 0. The van der Waals surface area contributed by atoms with Gasteiger partial charge < -0.3 is 15.6 Å². The fourth-order valence-corrected chi connectivity index (χ4v) is 1.65. The van der Waals surface area contributed by atoms with Gasteiger partial charge in [-0.25, -0.2) is 0 Å². The molecule has 0 spiro atoms. The van der Waals surface area contributed by atoms with Crippen molar-refractivity contribution in [3.05, 3.63) is 29.8 Å². The van der Waals surface area contributed by atoms with Crippen molar-refractivity contribution in [3.8, 4) is 5.75 Å². The molecule has 1 rings (SSSR count). The highest BCUT2D eigenvalue weighted by molar-refractivity contribution is 5.31. The maximum atomic E-state index is 9.84. The third-order valence-corrected chi connectivity index (χ3v) is 2.59. The highest BCUT2D eigenvalue weighted by atomic mass is 16.5. The first-order valence-electron chi connectivity index (χ1n) is 5.59. The van der Waals surface area contributed by atoms with Crippen molar-refractivity contribution >= 4 is 0 Å². The van der Waals surface area contributed by atoms with Gasteiger partial charge in [0.05, 0.1) is 11.7 Å². The zero-order valence-corrected chi connectivity index (χ0v) is 10.2. The number of benzene rings is 1. The Morgan fingerprint density at radius 2 is 2.06 bits per heavy atom. The number of nitrogens with two attached hydrogens (primary N) is 1. The molecular formula is C13H21NO2. The van der Waals surface area contributed by atoms with Crippen LogP contribution in [0.1, 0.15) is 25.8 Å². The molecule has 90 valence electrons. The normalized spacial score (nSPS) is 16.6. The molecule has 0 radical (unpaired) electrons. The molecule has 0 bridgehead atoms. The minimum Gasteiger partial charge on any atom is -0.490 e. The molecule has 0 heterocycles. The topological polar surface area (TPSA) is 55.5 Å². The summed E-state index contributed by atoms with van der Waals surface area (Å²) < 4.78 is 5.77. The van der Waals surface area contributed by atoms with E-state index in [4.69, 9.17) is 10.5 Å². The van der Waals surface area contributed by atoms with E-state index in [-0.39, 0.29) is 12.6 Å². The van der Waals surface area contributed by atoms with Gasteiger partial charge in [-0.1, -0.05) is 18.2 Å². The van der Waals surface area contributed by atoms with Gasteiger partial charge in [0.15, 0.2) is 0 Å². The highest BCUT2D eigenvalue weighted by Gasteiger charge is 2.22. The first kappa shape index (κ1) is 13.0. The van der Waals surface area contributed by atoms with E-state index < -0.39 is 5.60 Å². The number of rotatable bonds is 5. The molecule has 0 aromatic heterocycles. The van der Waals surface area contributed by atoms with Crippen LogP contribution in [0, 0.1) is 6.92 Å². The van der Waals surface area contributed by atoms with E-state index in [0.29, 0.717) is 6.42 Å². The molecular weight excluding hydrogens is 202 g/mol. The molecule has 0 aliphatic carbocycles. The maximum Gasteiger partial charge on any atom is 0.122 e. The van der Waals surface area contributed by atoms with Gasteiger partial charge in [-0.05, 0) is 32.4 Å². The summed E-state index contributed by atoms with van der Waals surface area (Å²) >= 11 is 0. The molecule has 3 heteroatoms. The van der Waals surface area contributed by atoms with Crippen molar-refractivity contribution in [3.63, 3.8) is 0 Å². The highest BCUT2D eigenvalue weighted by Crippen LogP contribution is 2.21. The molecule has 0 fully saturated rings. The second-order valence-electron chi connectivity index (χ2n) is 4.60. The van der Waals surface area contributed by atoms with Crippen molar-refractivity contribution in [1.29, 1.82) is 0 Å². The average Bonchev–Trinajstić information content (AvgIpc) is 2.21. The van der Waals surface area contributed by atoms with Crippen LogP contribution in [-0.2, 0) is 0 Å². The van der Waals surface area contributed by atoms with Crippen LogP contribution in [0.3, 0.4) is 0 Å². The van der Waals surface area contributed by atoms with Gasteiger partial charge in [0.2, 0.25) is 0 Å². The first-order valence-corrected chi connectivity index (χ1v) is 5.59. The summed E-state index contributed by atoms with van der Waals surface area (Å²) in [6.07, 6.45) is 0.470. The Kier molecular flexibility index (Phi) is 4.33. The van der Waals surface area contributed by atoms with E-state index in [9.17, 15) is 5.11 Å². The molecule has 1 aromatic carbocycles. The van der Waals surface area contributed by atoms with Crippen molar-refractivity contribution in [2.75, 3.05) is 6.54 Å². The van der Waals surface area contributed by atoms with Crippen LogP contribution in [0.15, 0.2) is 24.3 Å². The summed E-state index contributed by atoms with van der Waals surface area (Å²) in [5, 5.41) is 9.84. The van der Waals surface area contributed by atoms with Crippen molar-refractivity contribution in [2.24, 2.45) is 5.73 Å². The van der Waals surface area contributed by atoms with E-state index >= 15 is 0 Å². The van der Waals surface area contributed by atoms with Gasteiger partial charge in [-0.3, -0.25) is 0 Å². The Bertz CT molecular complexity index is 336. The van der Waals surface area contributed by atoms with Gasteiger partial charge >= 0.3 is 0 Å². The summed E-state index contributed by atoms with van der Waals surface area (Å²) in [5.41, 5.74) is 5.71. The van der Waals surface area contributed by atoms with Crippen molar-refractivity contribution in [2.45, 2.75) is 38.9 Å². The molecule has 0 aliphatic rings. The minimum absolute atomic E-state index is 0.0559. The molecule has 16 heavy (non-hydrogen) atoms. The van der Waals surface area contributed by atoms with Gasteiger partial charge in [0, 0.05) is 13.0 Å². The Balaban J connectivity index is 2.58. The van der Waals surface area contributed by atoms with E-state index in [1.165, 1.54) is 0 Å². The molecule has 2 atom stereocenters. The smallest absolute Gasteiger partial charge is 0.122 e. The molecule has 1 aromatic rings. The fraction of sp³-hybridized carbons (Fsp3) is 0.538. The summed E-state index contributed by atoms with van der Waals surface area (Å²) in [7, 11) is 0. The Morgan fingerprint density at radius 3 is 2.62 bits per heavy atom. The Hall–Kier alpha value is -1.06. The molecule has 3 nitrogen and oxygen atoms in total. The molecule has 0 saturated carbocycles. The fourth-order valence-electron chi connectivity index (χ4n) is 1.65. The van der Waals surface area contributed by atoms with Crippen molar-refractivity contribution in [1.82, 2.24) is 0 Å². The third-order valence-electron chi connectivity index (χ3n) is 2.59. The second kappa shape index (κ2) is 5.32. The number of hydrogen-bond donors (Lipinski definition) is 2. The predicted octanol–water partition coefficient (Wildman–Crippen LogP) is 1.86. The zero-order valence-electron chi connectivity index (χ0n) is 10.2. The largest absolute Gasteiger partial charge is 0.490 e. The van der Waals surface area contributed by atoms with E-state index in [1.54, 1.807) is 6.92 Å². The number of para-hydroxylation sites is 1. The zero-order chi connectivity index (χ0) is 12.2. The third kappa shape index (κ3) is 3.83. The summed E-state index contributed by atoms with van der Waals surface area (Å²) in [6, 6.07) is 7.85. The summed E-state index contributed by atoms with van der Waals surface area (Å²) in [6.45, 7) is 5.92. The number of aliphatic hydroxyl groups is 1. The quantitative estimate of drug-likeness (QED) is 0.801. The lowest BCUT2D eigenvalue weighted by Crippen LogP contribution is -2.38. The Morgan fingerprint density at radius 1 is 1.44 bits per heavy atom. The lowest BCUT2D eigenvalue weighted by Gasteiger charge is -2.26. The van der Waals surface area contributed by atoms with Crippen LogP contribution in [0.5, 0.6) is 5.75 Å². The van der Waals surface area contributed by atoms with Gasteiger partial charge in [0.1, 0.15) is 5.75 Å². The molecule has 2 unspecified atom stereocenters. The van der Waals surface area contributed by atoms with Crippen LogP contribution in [0.4, 0.5) is 0 Å². The molecule has 0 saturated heterocycles. The number of ether oxygens (including phenoxy) is 1. The van der Waals surface area contributed by atoms with Crippen LogP contribution >= 0.6 is 0 Å². The minimum atomic E-state index is -0.859. The van der Waals surface area contributed by atoms with Gasteiger partial charge in [-0.2, -0.15) is 0 Å². The monoisotopic (exact) mass is 223 g/mol. The lowest BCUT2D eigenvalue weighted by atomic mass is 9.99. The summed E-state index contributed by atoms with van der Waals surface area (Å²) in [5.74, 6) is 0.864. The predicted molar refractivity (Wildman–Crippen MR) is 65.6 cm³/mol. The number of hydrogen-bond acceptors (Lipinski definition) is 3. The van der Waals surface area contributed by atoms with E-state index in [0.717, 1.165) is 11.3 Å². The van der Waals surface area contributed by atoms with Crippen LogP contribution in [0.25, 0.3) is 0 Å². The molecule has 3 N–H and O–H groups in total. The Labute approximate surface area is 97.2 Å². The van der Waals surface area contributed by atoms with Crippen LogP contribution in [-0.4, -0.2) is 23.4 Å². The second-order valence-corrected chi connectivity index (χ2v) is 4.60.